The van der Waals surface area contributed by atoms with Crippen LogP contribution in [-0.4, -0.2) is 22.6 Å². The van der Waals surface area contributed by atoms with Gasteiger partial charge in [-0.25, -0.2) is 0 Å². The van der Waals surface area contributed by atoms with Crippen LogP contribution >= 0.6 is 27.7 Å². The molecule has 1 aliphatic heterocycles. The van der Waals surface area contributed by atoms with Crippen molar-refractivity contribution in [3.63, 3.8) is 0 Å². The van der Waals surface area contributed by atoms with Gasteiger partial charge in [0.1, 0.15) is 0 Å². The van der Waals surface area contributed by atoms with Crippen LogP contribution in [0, 0.1) is 0 Å². The third-order valence-corrected chi connectivity index (χ3v) is 5.14. The van der Waals surface area contributed by atoms with Gasteiger partial charge in [-0.1, -0.05) is 28.1 Å². The van der Waals surface area contributed by atoms with E-state index >= 15 is 0 Å². The van der Waals surface area contributed by atoms with Crippen molar-refractivity contribution in [3.8, 4) is 0 Å². The fraction of sp³-hybridized carbons (Fsp3) is 0.500. The minimum atomic E-state index is -0.714. The minimum absolute atomic E-state index is 0.249. The Labute approximate surface area is 120 Å². The lowest BCUT2D eigenvalue weighted by Crippen LogP contribution is -1.99. The minimum Gasteiger partial charge on any atom is -0.481 e. The molecule has 1 aromatic rings. The number of benzene rings is 1. The summed E-state index contributed by atoms with van der Waals surface area (Å²) in [6.07, 6.45) is 3.06. The van der Waals surface area contributed by atoms with Crippen molar-refractivity contribution in [3.05, 3.63) is 33.8 Å². The highest BCUT2D eigenvalue weighted by atomic mass is 79.9. The highest BCUT2D eigenvalue weighted by Crippen LogP contribution is 2.36. The summed E-state index contributed by atoms with van der Waals surface area (Å²) < 4.78 is 1.18. The fourth-order valence-electron chi connectivity index (χ4n) is 2.28. The van der Waals surface area contributed by atoms with E-state index in [2.05, 4.69) is 34.1 Å². The molecule has 1 aliphatic rings. The topological polar surface area (TPSA) is 37.3 Å². The third-order valence-electron chi connectivity index (χ3n) is 3.29. The number of aliphatic carboxylic acids is 1. The normalized spacial score (nSPS) is 19.1. The number of rotatable bonds is 5. The van der Waals surface area contributed by atoms with Gasteiger partial charge >= 0.3 is 5.97 Å². The van der Waals surface area contributed by atoms with E-state index in [1.807, 2.05) is 11.8 Å². The number of hydrogen-bond donors (Lipinski definition) is 1. The Hall–Kier alpha value is -0.480. The number of halogens is 1. The molecule has 0 amide bonds. The van der Waals surface area contributed by atoms with E-state index in [4.69, 9.17) is 5.11 Å². The zero-order valence-corrected chi connectivity index (χ0v) is 12.6. The van der Waals surface area contributed by atoms with Crippen LogP contribution in [0.5, 0.6) is 0 Å². The summed E-state index contributed by atoms with van der Waals surface area (Å²) in [6, 6.07) is 6.50. The van der Waals surface area contributed by atoms with Gasteiger partial charge in [0.05, 0.1) is 0 Å². The van der Waals surface area contributed by atoms with Crippen molar-refractivity contribution in [1.29, 1.82) is 0 Å². The summed E-state index contributed by atoms with van der Waals surface area (Å²) in [6.45, 7) is 0. The van der Waals surface area contributed by atoms with E-state index < -0.39 is 5.97 Å². The zero-order chi connectivity index (χ0) is 13.0. The van der Waals surface area contributed by atoms with Crippen molar-refractivity contribution >= 4 is 33.7 Å². The van der Waals surface area contributed by atoms with Gasteiger partial charge in [-0.3, -0.25) is 4.79 Å². The van der Waals surface area contributed by atoms with E-state index in [1.165, 1.54) is 33.5 Å². The second-order valence-electron chi connectivity index (χ2n) is 4.66. The molecule has 4 heteroatoms. The highest BCUT2D eigenvalue weighted by Gasteiger charge is 2.19. The number of thioether (sulfide) groups is 1. The van der Waals surface area contributed by atoms with Gasteiger partial charge < -0.3 is 5.11 Å². The molecule has 0 saturated carbocycles. The van der Waals surface area contributed by atoms with E-state index in [-0.39, 0.29) is 6.42 Å². The van der Waals surface area contributed by atoms with Gasteiger partial charge in [0.15, 0.2) is 0 Å². The van der Waals surface area contributed by atoms with Gasteiger partial charge in [-0.15, -0.1) is 0 Å². The van der Waals surface area contributed by atoms with Crippen molar-refractivity contribution in [2.24, 2.45) is 0 Å². The Morgan fingerprint density at radius 3 is 2.94 bits per heavy atom. The summed E-state index contributed by atoms with van der Waals surface area (Å²) in [4.78, 5) is 10.5. The lowest BCUT2D eigenvalue weighted by atomic mass is 9.96. The number of carboxylic acids is 1. The largest absolute Gasteiger partial charge is 0.481 e. The molecule has 0 aromatic heterocycles. The molecule has 1 heterocycles. The second-order valence-corrected chi connectivity index (χ2v) is 6.67. The second kappa shape index (κ2) is 6.62. The zero-order valence-electron chi connectivity index (χ0n) is 10.2. The molecule has 18 heavy (non-hydrogen) atoms. The Kier molecular flexibility index (Phi) is 5.13. The van der Waals surface area contributed by atoms with E-state index in [0.717, 1.165) is 6.42 Å². The summed E-state index contributed by atoms with van der Waals surface area (Å²) in [7, 11) is 0. The maximum Gasteiger partial charge on any atom is 0.303 e. The molecule has 0 bridgehead atoms. The fourth-order valence-corrected chi connectivity index (χ4v) is 4.28. The average Bonchev–Trinajstić information content (AvgIpc) is 2.82. The van der Waals surface area contributed by atoms with Crippen molar-refractivity contribution < 1.29 is 9.90 Å². The smallest absolute Gasteiger partial charge is 0.303 e. The molecule has 1 atom stereocenters. The van der Waals surface area contributed by atoms with Crippen LogP contribution in [0.25, 0.3) is 0 Å². The molecule has 0 aliphatic carbocycles. The van der Waals surface area contributed by atoms with Gasteiger partial charge in [-0.2, -0.15) is 11.8 Å². The number of hydrogen-bond acceptors (Lipinski definition) is 2. The Bertz CT molecular complexity index is 428. The van der Waals surface area contributed by atoms with Crippen LogP contribution in [0.3, 0.4) is 0 Å². The van der Waals surface area contributed by atoms with Crippen molar-refractivity contribution in [2.45, 2.75) is 31.6 Å². The summed E-state index contributed by atoms with van der Waals surface area (Å²) >= 11 is 5.67. The van der Waals surface area contributed by atoms with Crippen LogP contribution < -0.4 is 0 Å². The SMILES string of the molecule is O=C(O)CCCc1ccc(C2CCSC2)c(Br)c1. The first kappa shape index (κ1) is 13.9. The Morgan fingerprint density at radius 1 is 1.50 bits per heavy atom. The first-order chi connectivity index (χ1) is 8.66. The quantitative estimate of drug-likeness (QED) is 0.884. The number of carboxylic acid groups (broad SMARTS) is 1. The summed E-state index contributed by atoms with van der Waals surface area (Å²) in [5.74, 6) is 2.44. The standard InChI is InChI=1S/C14H17BrO2S/c15-13-8-10(2-1-3-14(16)17)4-5-12(13)11-6-7-18-9-11/h4-5,8,11H,1-3,6-7,9H2,(H,16,17). The Balaban J connectivity index is 1.98. The number of carbonyl (C=O) groups is 1. The molecule has 1 saturated heterocycles. The summed E-state index contributed by atoms with van der Waals surface area (Å²) in [5.41, 5.74) is 2.62. The van der Waals surface area contributed by atoms with Gasteiger partial charge in [-0.05, 0) is 48.1 Å². The Morgan fingerprint density at radius 2 is 2.33 bits per heavy atom. The molecule has 0 radical (unpaired) electrons. The van der Waals surface area contributed by atoms with Gasteiger partial charge in [0.25, 0.3) is 0 Å². The predicted octanol–water partition coefficient (Wildman–Crippen LogP) is 4.08. The van der Waals surface area contributed by atoms with Crippen molar-refractivity contribution in [1.82, 2.24) is 0 Å². The molecule has 2 nitrogen and oxygen atoms in total. The van der Waals surface area contributed by atoms with Crippen LogP contribution in [0.2, 0.25) is 0 Å². The lowest BCUT2D eigenvalue weighted by Gasteiger charge is -2.12. The molecule has 98 valence electrons. The molecule has 2 rings (SSSR count). The molecular formula is C14H17BrO2S. The average molecular weight is 329 g/mol. The first-order valence-electron chi connectivity index (χ1n) is 6.24. The summed E-state index contributed by atoms with van der Waals surface area (Å²) in [5, 5.41) is 8.62. The molecule has 1 unspecified atom stereocenters. The van der Waals surface area contributed by atoms with Crippen LogP contribution in [0.15, 0.2) is 22.7 Å². The first-order valence-corrected chi connectivity index (χ1v) is 8.19. The van der Waals surface area contributed by atoms with E-state index in [9.17, 15) is 4.79 Å². The molecule has 1 fully saturated rings. The van der Waals surface area contributed by atoms with Crippen LogP contribution in [0.1, 0.15) is 36.3 Å². The molecule has 1 aromatic carbocycles. The monoisotopic (exact) mass is 328 g/mol. The van der Waals surface area contributed by atoms with Crippen LogP contribution in [-0.2, 0) is 11.2 Å². The van der Waals surface area contributed by atoms with E-state index in [1.54, 1.807) is 0 Å². The predicted molar refractivity (Wildman–Crippen MR) is 79.4 cm³/mol. The third kappa shape index (κ3) is 3.75. The molecule has 0 spiro atoms. The molecule has 1 N–H and O–H groups in total. The number of aryl methyl sites for hydroxylation is 1. The maximum absolute atomic E-state index is 10.5. The highest BCUT2D eigenvalue weighted by molar-refractivity contribution is 9.10. The van der Waals surface area contributed by atoms with E-state index in [0.29, 0.717) is 12.3 Å². The lowest BCUT2D eigenvalue weighted by molar-refractivity contribution is -0.137. The van der Waals surface area contributed by atoms with Crippen molar-refractivity contribution in [2.75, 3.05) is 11.5 Å². The van der Waals surface area contributed by atoms with Gasteiger partial charge in [0, 0.05) is 16.6 Å². The van der Waals surface area contributed by atoms with Crippen LogP contribution in [0.4, 0.5) is 0 Å². The van der Waals surface area contributed by atoms with Gasteiger partial charge in [0.2, 0.25) is 0 Å². The molecular weight excluding hydrogens is 312 g/mol. The maximum atomic E-state index is 10.5.